The van der Waals surface area contributed by atoms with E-state index in [4.69, 9.17) is 25.8 Å². The van der Waals surface area contributed by atoms with E-state index in [-0.39, 0.29) is 11.5 Å². The van der Waals surface area contributed by atoms with Crippen molar-refractivity contribution in [1.29, 1.82) is 0 Å². The van der Waals surface area contributed by atoms with E-state index in [9.17, 15) is 8.78 Å². The van der Waals surface area contributed by atoms with Gasteiger partial charge in [0.05, 0.1) is 18.8 Å². The number of benzene rings is 2. The second-order valence-electron chi connectivity index (χ2n) is 6.62. The van der Waals surface area contributed by atoms with Crippen molar-refractivity contribution >= 4 is 11.6 Å². The summed E-state index contributed by atoms with van der Waals surface area (Å²) in [6.45, 7) is 1.65. The largest absolute Gasteiger partial charge is 0.385 e. The van der Waals surface area contributed by atoms with Gasteiger partial charge in [0.25, 0.3) is 0 Å². The molecule has 0 N–H and O–H groups in total. The van der Waals surface area contributed by atoms with E-state index in [2.05, 4.69) is 11.8 Å². The summed E-state index contributed by atoms with van der Waals surface area (Å²) in [5.74, 6) is 4.05. The van der Waals surface area contributed by atoms with Crippen LogP contribution < -0.4 is 0 Å². The van der Waals surface area contributed by atoms with Gasteiger partial charge in [0.2, 0.25) is 0 Å². The summed E-state index contributed by atoms with van der Waals surface area (Å²) in [6.07, 6.45) is 1.06. The predicted octanol–water partition coefficient (Wildman–Crippen LogP) is 5.11. The van der Waals surface area contributed by atoms with Gasteiger partial charge in [-0.25, -0.2) is 8.78 Å². The molecule has 2 aromatic carbocycles. The highest BCUT2D eigenvalue weighted by Crippen LogP contribution is 2.29. The standard InChI is InChI=1S/C22H21ClF2O3/c1-26-10-2-3-16-13-27-22(28-14-16)17-11-20(24)19(21(25)12-17)9-6-15-4-7-18(23)8-5-15/h4-5,7-8,11-12,16,22H,2-3,10,13-14H2,1H3/t16-,22-. The molecule has 0 unspecified atom stereocenters. The highest BCUT2D eigenvalue weighted by Gasteiger charge is 2.25. The molecule has 0 aliphatic carbocycles. The molecule has 1 aliphatic heterocycles. The number of halogens is 3. The molecule has 3 nitrogen and oxygen atoms in total. The van der Waals surface area contributed by atoms with Crippen LogP contribution in [0.4, 0.5) is 8.78 Å². The average Bonchev–Trinajstić information content (AvgIpc) is 2.69. The van der Waals surface area contributed by atoms with Crippen molar-refractivity contribution in [3.05, 3.63) is 69.7 Å². The van der Waals surface area contributed by atoms with Gasteiger partial charge in [-0.2, -0.15) is 0 Å². The third kappa shape index (κ3) is 5.52. The molecule has 0 aromatic heterocycles. The number of hydrogen-bond donors (Lipinski definition) is 0. The Labute approximate surface area is 168 Å². The minimum atomic E-state index is -0.777. The van der Waals surface area contributed by atoms with Crippen LogP contribution in [0.1, 0.15) is 35.8 Å². The predicted molar refractivity (Wildman–Crippen MR) is 103 cm³/mol. The lowest BCUT2D eigenvalue weighted by atomic mass is 10.0. The number of rotatable bonds is 5. The third-order valence-electron chi connectivity index (χ3n) is 4.44. The third-order valence-corrected chi connectivity index (χ3v) is 4.69. The van der Waals surface area contributed by atoms with Gasteiger partial charge in [-0.3, -0.25) is 0 Å². The first-order chi connectivity index (χ1) is 13.6. The van der Waals surface area contributed by atoms with Crippen molar-refractivity contribution in [2.24, 2.45) is 5.92 Å². The Balaban J connectivity index is 1.67. The Hall–Kier alpha value is -1.97. The Morgan fingerprint density at radius 2 is 1.71 bits per heavy atom. The van der Waals surface area contributed by atoms with E-state index in [1.54, 1.807) is 31.4 Å². The molecule has 6 heteroatoms. The Morgan fingerprint density at radius 1 is 1.07 bits per heavy atom. The van der Waals surface area contributed by atoms with E-state index >= 15 is 0 Å². The highest BCUT2D eigenvalue weighted by molar-refractivity contribution is 6.30. The van der Waals surface area contributed by atoms with Crippen LogP contribution in [0.25, 0.3) is 0 Å². The Morgan fingerprint density at radius 3 is 2.32 bits per heavy atom. The molecule has 2 aromatic rings. The highest BCUT2D eigenvalue weighted by atomic mass is 35.5. The van der Waals surface area contributed by atoms with Crippen molar-refractivity contribution < 1.29 is 23.0 Å². The molecule has 1 aliphatic rings. The van der Waals surface area contributed by atoms with Crippen molar-refractivity contribution in [3.8, 4) is 11.8 Å². The number of ether oxygens (including phenoxy) is 3. The first kappa shape index (κ1) is 20.8. The van der Waals surface area contributed by atoms with Crippen LogP contribution >= 0.6 is 11.6 Å². The maximum Gasteiger partial charge on any atom is 0.184 e. The summed E-state index contributed by atoms with van der Waals surface area (Å²) < 4.78 is 45.2. The van der Waals surface area contributed by atoms with Crippen LogP contribution in [0.3, 0.4) is 0 Å². The van der Waals surface area contributed by atoms with Gasteiger partial charge in [0.1, 0.15) is 11.6 Å². The SMILES string of the molecule is COCCC[C@H]1CO[C@H](c2cc(F)c(C#Cc3ccc(Cl)cc3)c(F)c2)OC1. The van der Waals surface area contributed by atoms with E-state index in [0.29, 0.717) is 36.0 Å². The fourth-order valence-corrected chi connectivity index (χ4v) is 3.06. The van der Waals surface area contributed by atoms with Gasteiger partial charge < -0.3 is 14.2 Å². The average molecular weight is 407 g/mol. The smallest absolute Gasteiger partial charge is 0.184 e. The molecule has 28 heavy (non-hydrogen) atoms. The second kappa shape index (κ2) is 9.99. The van der Waals surface area contributed by atoms with Crippen LogP contribution in [0.5, 0.6) is 0 Å². The van der Waals surface area contributed by atoms with Crippen molar-refractivity contribution in [2.75, 3.05) is 26.9 Å². The fourth-order valence-electron chi connectivity index (χ4n) is 2.93. The molecule has 1 saturated heterocycles. The first-order valence-corrected chi connectivity index (χ1v) is 9.43. The molecule has 0 atom stereocenters. The van der Waals surface area contributed by atoms with Crippen molar-refractivity contribution in [3.63, 3.8) is 0 Å². The molecular formula is C22H21ClF2O3. The van der Waals surface area contributed by atoms with Gasteiger partial charge in [0, 0.05) is 35.8 Å². The maximum absolute atomic E-state index is 14.4. The molecule has 0 bridgehead atoms. The van der Waals surface area contributed by atoms with Crippen LogP contribution in [0.15, 0.2) is 36.4 Å². The Bertz CT molecular complexity index is 827. The van der Waals surface area contributed by atoms with Crippen LogP contribution in [-0.4, -0.2) is 26.9 Å². The molecule has 148 valence electrons. The number of methoxy groups -OCH3 is 1. The summed E-state index contributed by atoms with van der Waals surface area (Å²) in [5.41, 5.74) is 0.639. The maximum atomic E-state index is 14.4. The minimum absolute atomic E-state index is 0.255. The monoisotopic (exact) mass is 406 g/mol. The van der Waals surface area contributed by atoms with Crippen LogP contribution in [0, 0.1) is 29.4 Å². The molecule has 0 amide bonds. The zero-order valence-electron chi connectivity index (χ0n) is 15.5. The fraction of sp³-hybridized carbons (Fsp3) is 0.364. The van der Waals surface area contributed by atoms with E-state index in [0.717, 1.165) is 12.8 Å². The van der Waals surface area contributed by atoms with E-state index in [1.807, 2.05) is 0 Å². The van der Waals surface area contributed by atoms with Gasteiger partial charge in [0.15, 0.2) is 6.29 Å². The lowest BCUT2D eigenvalue weighted by Crippen LogP contribution is -2.27. The summed E-state index contributed by atoms with van der Waals surface area (Å²) in [6, 6.07) is 9.14. The van der Waals surface area contributed by atoms with E-state index in [1.165, 1.54) is 12.1 Å². The van der Waals surface area contributed by atoms with Gasteiger partial charge >= 0.3 is 0 Å². The number of hydrogen-bond acceptors (Lipinski definition) is 3. The molecule has 0 saturated carbocycles. The molecule has 1 heterocycles. The summed E-state index contributed by atoms with van der Waals surface area (Å²) in [4.78, 5) is 0. The van der Waals surface area contributed by atoms with Crippen LogP contribution in [-0.2, 0) is 14.2 Å². The van der Waals surface area contributed by atoms with Crippen molar-refractivity contribution in [1.82, 2.24) is 0 Å². The first-order valence-electron chi connectivity index (χ1n) is 9.05. The van der Waals surface area contributed by atoms with Gasteiger partial charge in [-0.05, 0) is 49.2 Å². The topological polar surface area (TPSA) is 27.7 Å². The van der Waals surface area contributed by atoms with Gasteiger partial charge in [-0.1, -0.05) is 23.4 Å². The lowest BCUT2D eigenvalue weighted by molar-refractivity contribution is -0.206. The van der Waals surface area contributed by atoms with Crippen LogP contribution in [0.2, 0.25) is 5.02 Å². The minimum Gasteiger partial charge on any atom is -0.385 e. The summed E-state index contributed by atoms with van der Waals surface area (Å²) in [5, 5.41) is 0.570. The summed E-state index contributed by atoms with van der Waals surface area (Å²) in [7, 11) is 1.66. The molecule has 3 rings (SSSR count). The Kier molecular flexibility index (Phi) is 7.41. The molecule has 0 spiro atoms. The molecular weight excluding hydrogens is 386 g/mol. The quantitative estimate of drug-likeness (QED) is 0.510. The van der Waals surface area contributed by atoms with E-state index < -0.39 is 17.9 Å². The second-order valence-corrected chi connectivity index (χ2v) is 7.05. The zero-order chi connectivity index (χ0) is 19.9. The normalized spacial score (nSPS) is 19.1. The zero-order valence-corrected chi connectivity index (χ0v) is 16.3. The van der Waals surface area contributed by atoms with Crippen molar-refractivity contribution in [2.45, 2.75) is 19.1 Å². The van der Waals surface area contributed by atoms with Gasteiger partial charge in [-0.15, -0.1) is 0 Å². The molecule has 0 radical (unpaired) electrons. The molecule has 1 fully saturated rings. The summed E-state index contributed by atoms with van der Waals surface area (Å²) >= 11 is 5.81. The lowest BCUT2D eigenvalue weighted by Gasteiger charge is -2.29.